The Morgan fingerprint density at radius 3 is 3.00 bits per heavy atom. The predicted molar refractivity (Wildman–Crippen MR) is 151 cm³/mol. The van der Waals surface area contributed by atoms with Gasteiger partial charge in [0.1, 0.15) is 17.4 Å². The zero-order valence-electron chi connectivity index (χ0n) is 21.8. The van der Waals surface area contributed by atoms with Crippen LogP contribution in [0.15, 0.2) is 41.4 Å². The first-order chi connectivity index (χ1) is 19.3. The molecular formula is C27H29ClFN5O5S. The fourth-order valence-corrected chi connectivity index (χ4v) is 5.70. The lowest BCUT2D eigenvalue weighted by molar-refractivity contribution is -0.113. The number of halogens is 2. The van der Waals surface area contributed by atoms with Crippen LogP contribution in [0.2, 0.25) is 0 Å². The van der Waals surface area contributed by atoms with E-state index in [9.17, 15) is 19.1 Å². The number of rotatable bonds is 11. The summed E-state index contributed by atoms with van der Waals surface area (Å²) >= 11 is 7.33. The van der Waals surface area contributed by atoms with Crippen molar-refractivity contribution in [2.45, 2.75) is 36.5 Å². The molecule has 2 amide bonds. The zero-order chi connectivity index (χ0) is 28.2. The number of cyclic esters (lactones) is 1. The van der Waals surface area contributed by atoms with E-state index in [0.29, 0.717) is 65.5 Å². The molecule has 13 heteroatoms. The Kier molecular flexibility index (Phi) is 8.89. The summed E-state index contributed by atoms with van der Waals surface area (Å²) in [4.78, 5) is 37.4. The lowest BCUT2D eigenvalue weighted by atomic mass is 10.1. The van der Waals surface area contributed by atoms with Crippen LogP contribution < -0.4 is 15.0 Å². The summed E-state index contributed by atoms with van der Waals surface area (Å²) in [7, 11) is 1.49. The summed E-state index contributed by atoms with van der Waals surface area (Å²) in [5, 5.41) is 13.1. The van der Waals surface area contributed by atoms with Crippen molar-refractivity contribution >= 4 is 57.8 Å². The zero-order valence-corrected chi connectivity index (χ0v) is 23.4. The summed E-state index contributed by atoms with van der Waals surface area (Å²) in [6.07, 6.45) is 0.774. The Balaban J connectivity index is 1.24. The number of amides is 2. The number of methoxy groups -OCH3 is 1. The van der Waals surface area contributed by atoms with Gasteiger partial charge in [-0.2, -0.15) is 0 Å². The molecule has 2 N–H and O–H groups in total. The van der Waals surface area contributed by atoms with E-state index in [1.807, 2.05) is 17.0 Å². The van der Waals surface area contributed by atoms with Gasteiger partial charge >= 0.3 is 6.09 Å². The molecule has 0 radical (unpaired) electrons. The maximum atomic E-state index is 14.9. The molecule has 5 rings (SSSR count). The Labute approximate surface area is 239 Å². The SMILES string of the molecule is COc1ccc2ncc(F)c(CN(CCCC3CN(c4ccc5c(c4)NC(=O)CS5)C(=O)O3)CC(O)CCl)c2n1. The van der Waals surface area contributed by atoms with Crippen molar-refractivity contribution < 1.29 is 28.6 Å². The molecule has 2 atom stereocenters. The van der Waals surface area contributed by atoms with Crippen LogP contribution in [0.5, 0.6) is 5.88 Å². The van der Waals surface area contributed by atoms with Crippen LogP contribution in [-0.4, -0.2) is 82.6 Å². The number of nitrogens with one attached hydrogen (secondary N) is 1. The largest absolute Gasteiger partial charge is 0.481 e. The van der Waals surface area contributed by atoms with Gasteiger partial charge in [-0.1, -0.05) is 0 Å². The van der Waals surface area contributed by atoms with E-state index in [-0.39, 0.29) is 31.0 Å². The number of fused-ring (bicyclic) bond motifs is 2. The number of thioether (sulfide) groups is 1. The molecule has 40 heavy (non-hydrogen) atoms. The fourth-order valence-electron chi connectivity index (χ4n) is 4.81. The van der Waals surface area contributed by atoms with Crippen LogP contribution in [0.4, 0.5) is 20.6 Å². The average molecular weight is 590 g/mol. The number of anilines is 2. The highest BCUT2D eigenvalue weighted by molar-refractivity contribution is 8.00. The van der Waals surface area contributed by atoms with Crippen LogP contribution in [0.3, 0.4) is 0 Å². The fraction of sp³-hybridized carbons (Fsp3) is 0.407. The van der Waals surface area contributed by atoms with E-state index >= 15 is 0 Å². The van der Waals surface area contributed by atoms with Crippen LogP contribution in [0, 0.1) is 5.82 Å². The lowest BCUT2D eigenvalue weighted by Crippen LogP contribution is -2.34. The van der Waals surface area contributed by atoms with E-state index in [0.717, 1.165) is 4.90 Å². The van der Waals surface area contributed by atoms with Gasteiger partial charge in [-0.3, -0.25) is 19.6 Å². The Bertz CT molecular complexity index is 1420. The molecule has 2 aliphatic rings. The summed E-state index contributed by atoms with van der Waals surface area (Å²) in [6.45, 7) is 1.27. The van der Waals surface area contributed by atoms with Crippen LogP contribution >= 0.6 is 23.4 Å². The third kappa shape index (κ3) is 6.41. The van der Waals surface area contributed by atoms with Gasteiger partial charge < -0.3 is 19.9 Å². The number of carbonyl (C=O) groups excluding carboxylic acids is 2. The van der Waals surface area contributed by atoms with Crippen molar-refractivity contribution in [1.82, 2.24) is 14.9 Å². The first-order valence-electron chi connectivity index (χ1n) is 12.8. The number of hydrogen-bond donors (Lipinski definition) is 2. The van der Waals surface area contributed by atoms with E-state index in [2.05, 4.69) is 15.3 Å². The highest BCUT2D eigenvalue weighted by atomic mass is 35.5. The molecule has 1 aromatic carbocycles. The first-order valence-corrected chi connectivity index (χ1v) is 14.4. The third-order valence-electron chi connectivity index (χ3n) is 6.76. The normalized spacial score (nSPS) is 17.6. The Morgan fingerprint density at radius 1 is 1.35 bits per heavy atom. The number of aromatic nitrogens is 2. The number of ether oxygens (including phenoxy) is 2. The van der Waals surface area contributed by atoms with Gasteiger partial charge in [0.25, 0.3) is 0 Å². The average Bonchev–Trinajstić information content (AvgIpc) is 3.33. The topological polar surface area (TPSA) is 117 Å². The molecule has 1 saturated heterocycles. The molecule has 212 valence electrons. The maximum absolute atomic E-state index is 14.9. The second kappa shape index (κ2) is 12.5. The molecule has 2 aromatic heterocycles. The second-order valence-corrected chi connectivity index (χ2v) is 11.0. The van der Waals surface area contributed by atoms with E-state index in [1.165, 1.54) is 25.1 Å². The number of benzene rings is 1. The molecule has 0 aliphatic carbocycles. The van der Waals surface area contributed by atoms with E-state index < -0.39 is 18.0 Å². The number of carbonyl (C=O) groups is 2. The quantitative estimate of drug-likeness (QED) is 0.320. The summed E-state index contributed by atoms with van der Waals surface area (Å²) < 4.78 is 25.8. The Morgan fingerprint density at radius 2 is 2.20 bits per heavy atom. The standard InChI is InChI=1S/C27H29ClFN5O5S/c1-38-25-7-5-21-26(32-25)19(20(29)11-30-21)14-33(12-17(35)10-28)8-2-3-18-13-34(27(37)39-18)16-4-6-23-22(9-16)31-24(36)15-40-23/h4-7,9,11,17-18,35H,2-3,8,10,12-15H2,1H3,(H,31,36). The molecule has 1 fully saturated rings. The van der Waals surface area contributed by atoms with Crippen molar-refractivity contribution in [3.05, 3.63) is 47.9 Å². The predicted octanol–water partition coefficient (Wildman–Crippen LogP) is 4.03. The number of alkyl halides is 1. The highest BCUT2D eigenvalue weighted by Gasteiger charge is 2.33. The molecule has 0 bridgehead atoms. The molecule has 4 heterocycles. The smallest absolute Gasteiger partial charge is 0.414 e. The van der Waals surface area contributed by atoms with Crippen LogP contribution in [0.1, 0.15) is 18.4 Å². The van der Waals surface area contributed by atoms with Crippen molar-refractivity contribution in [3.63, 3.8) is 0 Å². The summed E-state index contributed by atoms with van der Waals surface area (Å²) in [5.74, 6) is 0.181. The van der Waals surface area contributed by atoms with Gasteiger partial charge in [0, 0.05) is 41.2 Å². The van der Waals surface area contributed by atoms with Gasteiger partial charge in [0.05, 0.1) is 42.9 Å². The van der Waals surface area contributed by atoms with Gasteiger partial charge in [-0.05, 0) is 43.7 Å². The van der Waals surface area contributed by atoms with E-state index in [4.69, 9.17) is 21.1 Å². The second-order valence-electron chi connectivity index (χ2n) is 9.63. The molecule has 2 aliphatic heterocycles. The third-order valence-corrected chi connectivity index (χ3v) is 8.19. The maximum Gasteiger partial charge on any atom is 0.414 e. The number of hydrogen-bond acceptors (Lipinski definition) is 9. The lowest BCUT2D eigenvalue weighted by Gasteiger charge is -2.25. The molecule has 3 aromatic rings. The number of pyridine rings is 2. The number of nitrogens with zero attached hydrogens (tertiary/aromatic N) is 4. The molecule has 2 unspecified atom stereocenters. The minimum atomic E-state index is -0.803. The first kappa shape index (κ1) is 28.3. The highest BCUT2D eigenvalue weighted by Crippen LogP contribution is 2.35. The Hall–Kier alpha value is -3.19. The van der Waals surface area contributed by atoms with Gasteiger partial charge in [0.15, 0.2) is 0 Å². The monoisotopic (exact) mass is 589 g/mol. The van der Waals surface area contributed by atoms with Gasteiger partial charge in [-0.15, -0.1) is 23.4 Å². The van der Waals surface area contributed by atoms with Crippen LogP contribution in [0.25, 0.3) is 11.0 Å². The van der Waals surface area contributed by atoms with E-state index in [1.54, 1.807) is 23.1 Å². The molecular weight excluding hydrogens is 561 g/mol. The molecule has 0 saturated carbocycles. The number of aliphatic hydroxyl groups excluding tert-OH is 1. The van der Waals surface area contributed by atoms with Crippen LogP contribution in [-0.2, 0) is 16.1 Å². The molecule has 10 nitrogen and oxygen atoms in total. The minimum absolute atomic E-state index is 0.0388. The van der Waals surface area contributed by atoms with Crippen molar-refractivity contribution in [2.24, 2.45) is 0 Å². The van der Waals surface area contributed by atoms with Gasteiger partial charge in [0.2, 0.25) is 11.8 Å². The minimum Gasteiger partial charge on any atom is -0.481 e. The van der Waals surface area contributed by atoms with Gasteiger partial charge in [-0.25, -0.2) is 14.2 Å². The van der Waals surface area contributed by atoms with Crippen molar-refractivity contribution in [3.8, 4) is 5.88 Å². The molecule has 0 spiro atoms. The van der Waals surface area contributed by atoms with Crippen molar-refractivity contribution in [2.75, 3.05) is 48.6 Å². The number of aliphatic hydroxyl groups is 1. The summed E-state index contributed by atoms with van der Waals surface area (Å²) in [5.41, 5.74) is 2.62. The van der Waals surface area contributed by atoms with Crippen molar-refractivity contribution in [1.29, 1.82) is 0 Å². The summed E-state index contributed by atoms with van der Waals surface area (Å²) in [6, 6.07) is 8.91.